The van der Waals surface area contributed by atoms with Crippen LogP contribution in [0.4, 0.5) is 0 Å². The van der Waals surface area contributed by atoms with Crippen LogP contribution in [0, 0.1) is 0 Å². The molecule has 1 fully saturated rings. The van der Waals surface area contributed by atoms with E-state index in [1.807, 2.05) is 0 Å². The van der Waals surface area contributed by atoms with E-state index in [1.165, 1.54) is 0 Å². The van der Waals surface area contributed by atoms with Gasteiger partial charge in [0.25, 0.3) is 11.8 Å². The molecule has 178 valence electrons. The number of hydrogen-bond donors (Lipinski definition) is 0. The summed E-state index contributed by atoms with van der Waals surface area (Å²) in [6.45, 7) is 2.32. The standard InChI is InChI=1S/C24H29ClN2O6/c1-30-13-11-27(24(29)18-3-7-20(31-2)8-4-18)16-22-15-26(12-14-32-22)23(28)17-33-21-9-5-19(25)6-10-21/h3-10,22H,11-17H2,1-2H3. The van der Waals surface area contributed by atoms with E-state index in [-0.39, 0.29) is 24.5 Å². The van der Waals surface area contributed by atoms with Crippen molar-refractivity contribution in [2.45, 2.75) is 6.10 Å². The molecule has 0 spiro atoms. The predicted molar refractivity (Wildman–Crippen MR) is 124 cm³/mol. The fourth-order valence-electron chi connectivity index (χ4n) is 3.46. The Morgan fingerprint density at radius 1 is 1.09 bits per heavy atom. The lowest BCUT2D eigenvalue weighted by Gasteiger charge is -2.35. The molecular formula is C24H29ClN2O6. The molecule has 0 saturated carbocycles. The zero-order chi connectivity index (χ0) is 23.6. The molecule has 9 heteroatoms. The first-order valence-electron chi connectivity index (χ1n) is 10.7. The number of nitrogens with zero attached hydrogens (tertiary/aromatic N) is 2. The smallest absolute Gasteiger partial charge is 0.260 e. The Hall–Kier alpha value is -2.81. The van der Waals surface area contributed by atoms with E-state index < -0.39 is 0 Å². The first-order chi connectivity index (χ1) is 16.0. The third-order valence-corrected chi connectivity index (χ3v) is 5.53. The van der Waals surface area contributed by atoms with Gasteiger partial charge in [-0.2, -0.15) is 0 Å². The Balaban J connectivity index is 1.58. The lowest BCUT2D eigenvalue weighted by Crippen LogP contribution is -2.52. The van der Waals surface area contributed by atoms with Crippen LogP contribution in [0.15, 0.2) is 48.5 Å². The SMILES string of the molecule is COCCN(CC1CN(C(=O)COc2ccc(Cl)cc2)CCO1)C(=O)c1ccc(OC)cc1. The van der Waals surface area contributed by atoms with Crippen LogP contribution in [0.25, 0.3) is 0 Å². The van der Waals surface area contributed by atoms with E-state index in [0.29, 0.717) is 61.5 Å². The van der Waals surface area contributed by atoms with Crippen molar-refractivity contribution < 1.29 is 28.5 Å². The zero-order valence-corrected chi connectivity index (χ0v) is 19.6. The van der Waals surface area contributed by atoms with Crippen molar-refractivity contribution in [1.29, 1.82) is 0 Å². The number of benzene rings is 2. The lowest BCUT2D eigenvalue weighted by molar-refractivity contribution is -0.141. The van der Waals surface area contributed by atoms with Gasteiger partial charge in [0.2, 0.25) is 0 Å². The summed E-state index contributed by atoms with van der Waals surface area (Å²) in [5.41, 5.74) is 0.548. The highest BCUT2D eigenvalue weighted by atomic mass is 35.5. The van der Waals surface area contributed by atoms with Crippen LogP contribution in [0.3, 0.4) is 0 Å². The van der Waals surface area contributed by atoms with Gasteiger partial charge in [0.05, 0.1) is 26.4 Å². The minimum absolute atomic E-state index is 0.0769. The highest BCUT2D eigenvalue weighted by Crippen LogP contribution is 2.17. The summed E-state index contributed by atoms with van der Waals surface area (Å²) in [6, 6.07) is 13.8. The lowest BCUT2D eigenvalue weighted by atomic mass is 10.1. The van der Waals surface area contributed by atoms with Gasteiger partial charge in [-0.25, -0.2) is 0 Å². The van der Waals surface area contributed by atoms with E-state index in [0.717, 1.165) is 0 Å². The van der Waals surface area contributed by atoms with Crippen molar-refractivity contribution in [2.75, 3.05) is 60.2 Å². The van der Waals surface area contributed by atoms with Crippen LogP contribution < -0.4 is 9.47 Å². The summed E-state index contributed by atoms with van der Waals surface area (Å²) in [5.74, 6) is 0.991. The minimum Gasteiger partial charge on any atom is -0.497 e. The molecule has 1 atom stereocenters. The minimum atomic E-state index is -0.308. The third-order valence-electron chi connectivity index (χ3n) is 5.28. The Morgan fingerprint density at radius 3 is 2.45 bits per heavy atom. The molecule has 33 heavy (non-hydrogen) atoms. The van der Waals surface area contributed by atoms with E-state index in [2.05, 4.69) is 0 Å². The maximum absolute atomic E-state index is 13.1. The van der Waals surface area contributed by atoms with Crippen LogP contribution in [0.2, 0.25) is 5.02 Å². The number of rotatable bonds is 10. The summed E-state index contributed by atoms with van der Waals surface area (Å²) in [4.78, 5) is 29.1. The van der Waals surface area contributed by atoms with Gasteiger partial charge in [-0.1, -0.05) is 11.6 Å². The molecule has 0 radical (unpaired) electrons. The fourth-order valence-corrected chi connectivity index (χ4v) is 3.59. The quantitative estimate of drug-likeness (QED) is 0.524. The van der Waals surface area contributed by atoms with Crippen molar-refractivity contribution in [2.24, 2.45) is 0 Å². The fraction of sp³-hybridized carbons (Fsp3) is 0.417. The molecule has 1 aliphatic heterocycles. The van der Waals surface area contributed by atoms with Gasteiger partial charge in [-0.15, -0.1) is 0 Å². The molecule has 2 aromatic rings. The summed E-state index contributed by atoms with van der Waals surface area (Å²) in [6.07, 6.45) is -0.308. The van der Waals surface area contributed by atoms with Crippen LogP contribution in [-0.4, -0.2) is 87.9 Å². The average molecular weight is 477 g/mol. The van der Waals surface area contributed by atoms with E-state index in [4.69, 9.17) is 30.5 Å². The molecule has 8 nitrogen and oxygen atoms in total. The Bertz CT molecular complexity index is 906. The first-order valence-corrected chi connectivity index (χ1v) is 11.1. The first kappa shape index (κ1) is 24.8. The Morgan fingerprint density at radius 2 is 1.79 bits per heavy atom. The van der Waals surface area contributed by atoms with Crippen molar-refractivity contribution in [3.8, 4) is 11.5 Å². The number of carbonyl (C=O) groups is 2. The number of amides is 2. The topological polar surface area (TPSA) is 77.5 Å². The van der Waals surface area contributed by atoms with Crippen LogP contribution >= 0.6 is 11.6 Å². The summed E-state index contributed by atoms with van der Waals surface area (Å²) in [7, 11) is 3.17. The maximum atomic E-state index is 13.1. The zero-order valence-electron chi connectivity index (χ0n) is 18.9. The highest BCUT2D eigenvalue weighted by molar-refractivity contribution is 6.30. The van der Waals surface area contributed by atoms with Crippen molar-refractivity contribution in [3.05, 3.63) is 59.1 Å². The molecular weight excluding hydrogens is 448 g/mol. The van der Waals surface area contributed by atoms with Crippen molar-refractivity contribution >= 4 is 23.4 Å². The number of methoxy groups -OCH3 is 2. The third kappa shape index (κ3) is 7.35. The van der Waals surface area contributed by atoms with Gasteiger partial charge >= 0.3 is 0 Å². The van der Waals surface area contributed by atoms with Gasteiger partial charge in [-0.05, 0) is 48.5 Å². The molecule has 1 saturated heterocycles. The number of ether oxygens (including phenoxy) is 4. The van der Waals surface area contributed by atoms with E-state index in [1.54, 1.807) is 72.6 Å². The van der Waals surface area contributed by atoms with Gasteiger partial charge in [0.1, 0.15) is 11.5 Å². The molecule has 0 N–H and O–H groups in total. The number of morpholine rings is 1. The molecule has 0 aromatic heterocycles. The second-order valence-electron chi connectivity index (χ2n) is 7.55. The summed E-state index contributed by atoms with van der Waals surface area (Å²) >= 11 is 5.87. The molecule has 0 bridgehead atoms. The molecule has 1 aliphatic rings. The largest absolute Gasteiger partial charge is 0.497 e. The molecule has 3 rings (SSSR count). The monoisotopic (exact) mass is 476 g/mol. The Kier molecular flexibility index (Phi) is 9.35. The van der Waals surface area contributed by atoms with Crippen molar-refractivity contribution in [1.82, 2.24) is 9.80 Å². The number of halogens is 1. The number of hydrogen-bond acceptors (Lipinski definition) is 6. The molecule has 2 aromatic carbocycles. The van der Waals surface area contributed by atoms with Crippen LogP contribution in [0.5, 0.6) is 11.5 Å². The highest BCUT2D eigenvalue weighted by Gasteiger charge is 2.28. The van der Waals surface area contributed by atoms with Gasteiger partial charge < -0.3 is 28.7 Å². The maximum Gasteiger partial charge on any atom is 0.260 e. The van der Waals surface area contributed by atoms with Gasteiger partial charge in [-0.3, -0.25) is 9.59 Å². The number of carbonyl (C=O) groups excluding carboxylic acids is 2. The van der Waals surface area contributed by atoms with E-state index in [9.17, 15) is 9.59 Å². The molecule has 0 aliphatic carbocycles. The second-order valence-corrected chi connectivity index (χ2v) is 7.98. The van der Waals surface area contributed by atoms with Crippen molar-refractivity contribution in [3.63, 3.8) is 0 Å². The Labute approximate surface area is 198 Å². The summed E-state index contributed by atoms with van der Waals surface area (Å²) < 4.78 is 21.8. The van der Waals surface area contributed by atoms with Crippen LogP contribution in [-0.2, 0) is 14.3 Å². The molecule has 1 unspecified atom stereocenters. The molecule has 1 heterocycles. The van der Waals surface area contributed by atoms with Gasteiger partial charge in [0.15, 0.2) is 6.61 Å². The predicted octanol–water partition coefficient (Wildman–Crippen LogP) is 2.74. The molecule has 2 amide bonds. The average Bonchev–Trinajstić information content (AvgIpc) is 2.85. The van der Waals surface area contributed by atoms with Gasteiger partial charge in [0, 0.05) is 43.9 Å². The van der Waals surface area contributed by atoms with E-state index >= 15 is 0 Å². The normalized spacial score (nSPS) is 15.7. The van der Waals surface area contributed by atoms with Crippen LogP contribution in [0.1, 0.15) is 10.4 Å². The second kappa shape index (κ2) is 12.4. The summed E-state index contributed by atoms with van der Waals surface area (Å²) in [5, 5.41) is 0.604.